The zero-order valence-corrected chi connectivity index (χ0v) is 24.0. The number of aryl methyl sites for hydroxylation is 1. The van der Waals surface area contributed by atoms with E-state index in [9.17, 15) is 13.2 Å². The Hall–Kier alpha value is -3.31. The van der Waals surface area contributed by atoms with Gasteiger partial charge in [-0.25, -0.2) is 0 Å². The van der Waals surface area contributed by atoms with E-state index in [1.165, 1.54) is 11.8 Å². The highest BCUT2D eigenvalue weighted by molar-refractivity contribution is 7.99. The molecule has 218 valence electrons. The van der Waals surface area contributed by atoms with E-state index >= 15 is 0 Å². The molecule has 4 aromatic rings. The normalized spacial score (nSPS) is 14.6. The van der Waals surface area contributed by atoms with Crippen molar-refractivity contribution in [2.24, 2.45) is 0 Å². The number of methoxy groups -OCH3 is 1. The molecule has 41 heavy (non-hydrogen) atoms. The van der Waals surface area contributed by atoms with Gasteiger partial charge in [-0.1, -0.05) is 24.1 Å². The van der Waals surface area contributed by atoms with Gasteiger partial charge in [0.05, 0.1) is 23.9 Å². The van der Waals surface area contributed by atoms with Crippen LogP contribution < -0.4 is 9.64 Å². The van der Waals surface area contributed by atoms with Crippen LogP contribution in [0.2, 0.25) is 0 Å². The van der Waals surface area contributed by atoms with Crippen molar-refractivity contribution in [3.63, 3.8) is 0 Å². The van der Waals surface area contributed by atoms with Crippen molar-refractivity contribution in [1.29, 1.82) is 0 Å². The van der Waals surface area contributed by atoms with Gasteiger partial charge < -0.3 is 9.64 Å². The maximum absolute atomic E-state index is 13.0. The van der Waals surface area contributed by atoms with Gasteiger partial charge in [0.2, 0.25) is 0 Å². The number of anilines is 1. The summed E-state index contributed by atoms with van der Waals surface area (Å²) in [5.41, 5.74) is 1.95. The number of pyridine rings is 1. The zero-order chi connectivity index (χ0) is 28.7. The minimum Gasteiger partial charge on any atom is -0.497 e. The molecule has 11 heteroatoms. The summed E-state index contributed by atoms with van der Waals surface area (Å²) >= 11 is 1.68. The van der Waals surface area contributed by atoms with E-state index in [-0.39, 0.29) is 0 Å². The van der Waals surface area contributed by atoms with Gasteiger partial charge in [0, 0.05) is 67.6 Å². The van der Waals surface area contributed by atoms with Gasteiger partial charge in [-0.05, 0) is 61.1 Å². The van der Waals surface area contributed by atoms with Crippen LogP contribution in [0.1, 0.15) is 36.9 Å². The molecule has 1 aliphatic rings. The van der Waals surface area contributed by atoms with E-state index < -0.39 is 11.7 Å². The van der Waals surface area contributed by atoms with Crippen molar-refractivity contribution < 1.29 is 17.9 Å². The van der Waals surface area contributed by atoms with Crippen molar-refractivity contribution >= 4 is 28.4 Å². The van der Waals surface area contributed by atoms with Crippen LogP contribution in [0.5, 0.6) is 5.75 Å². The van der Waals surface area contributed by atoms with Crippen LogP contribution in [-0.4, -0.2) is 63.9 Å². The lowest BCUT2D eigenvalue weighted by Gasteiger charge is -2.35. The second-order valence-electron chi connectivity index (χ2n) is 10.2. The Morgan fingerprint density at radius 3 is 2.46 bits per heavy atom. The maximum atomic E-state index is 13.0. The Labute approximate surface area is 242 Å². The first-order valence-corrected chi connectivity index (χ1v) is 15.0. The van der Waals surface area contributed by atoms with Gasteiger partial charge in [-0.15, -0.1) is 16.9 Å². The van der Waals surface area contributed by atoms with Crippen molar-refractivity contribution in [2.45, 2.75) is 49.8 Å². The number of hydrogen-bond donors (Lipinski definition) is 0. The van der Waals surface area contributed by atoms with Gasteiger partial charge in [0.1, 0.15) is 5.75 Å². The van der Waals surface area contributed by atoms with Crippen LogP contribution in [0.15, 0.2) is 65.8 Å². The molecule has 0 N–H and O–H groups in total. The van der Waals surface area contributed by atoms with Crippen LogP contribution in [-0.2, 0) is 19.3 Å². The van der Waals surface area contributed by atoms with Crippen LogP contribution in [0.25, 0.3) is 10.9 Å². The predicted molar refractivity (Wildman–Crippen MR) is 156 cm³/mol. The summed E-state index contributed by atoms with van der Waals surface area (Å²) in [6, 6.07) is 13.9. The maximum Gasteiger partial charge on any atom is 0.416 e. The quantitative estimate of drug-likeness (QED) is 0.139. The Balaban J connectivity index is 0.976. The van der Waals surface area contributed by atoms with E-state index in [0.717, 1.165) is 105 Å². The van der Waals surface area contributed by atoms with Crippen LogP contribution >= 0.6 is 11.8 Å². The predicted octanol–water partition coefficient (Wildman–Crippen LogP) is 6.53. The number of unbranched alkanes of at least 4 members (excludes halogenated alkanes) is 3. The van der Waals surface area contributed by atoms with Crippen molar-refractivity contribution in [3.05, 3.63) is 72.2 Å². The Morgan fingerprint density at radius 2 is 1.71 bits per heavy atom. The molecule has 3 heterocycles. The second-order valence-corrected chi connectivity index (χ2v) is 11.4. The summed E-state index contributed by atoms with van der Waals surface area (Å²) in [7, 11) is 1.68. The minimum absolute atomic E-state index is 0.382. The lowest BCUT2D eigenvalue weighted by Crippen LogP contribution is -2.46. The topological polar surface area (TPSA) is 59.3 Å². The first kappa shape index (κ1) is 29.2. The molecule has 0 radical (unpaired) electrons. The van der Waals surface area contributed by atoms with E-state index in [1.54, 1.807) is 25.1 Å². The molecule has 7 nitrogen and oxygen atoms in total. The zero-order valence-electron chi connectivity index (χ0n) is 23.2. The van der Waals surface area contributed by atoms with Crippen LogP contribution in [0, 0.1) is 0 Å². The van der Waals surface area contributed by atoms with E-state index in [1.807, 2.05) is 22.9 Å². The minimum atomic E-state index is -4.36. The lowest BCUT2D eigenvalue weighted by atomic mass is 10.1. The molecule has 0 aliphatic carbocycles. The second kappa shape index (κ2) is 13.6. The average Bonchev–Trinajstić information content (AvgIpc) is 3.43. The highest BCUT2D eigenvalue weighted by Crippen LogP contribution is 2.34. The number of alkyl halides is 3. The summed E-state index contributed by atoms with van der Waals surface area (Å²) in [6.07, 6.45) is 3.54. The molecular weight excluding hydrogens is 549 g/mol. The number of halogens is 3. The lowest BCUT2D eigenvalue weighted by molar-refractivity contribution is -0.137. The first-order chi connectivity index (χ1) is 19.9. The standard InChI is InChI=1S/C30H35F3N6OS/c1-40-26-9-7-25(8-10-26)38-17-15-37(16-18-38)21-24-22-39(36-35-24)14-4-2-3-5-19-41-29-12-13-34-28-20-23(30(31,32)33)6-11-27(28)29/h6-13,20,22H,2-5,14-19,21H2,1H3. The number of nitrogens with zero attached hydrogens (tertiary/aromatic N) is 6. The Kier molecular flexibility index (Phi) is 9.66. The SMILES string of the molecule is COc1ccc(N2CCN(Cc3cn(CCCCCCSc4ccnc5cc(C(F)(F)F)ccc45)nn3)CC2)cc1. The number of benzene rings is 2. The molecule has 0 spiro atoms. The summed E-state index contributed by atoms with van der Waals surface area (Å²) in [5, 5.41) is 9.48. The first-order valence-electron chi connectivity index (χ1n) is 14.0. The van der Waals surface area contributed by atoms with E-state index in [4.69, 9.17) is 4.74 Å². The van der Waals surface area contributed by atoms with Gasteiger partial charge >= 0.3 is 6.18 Å². The van der Waals surface area contributed by atoms with Crippen LogP contribution in [0.3, 0.4) is 0 Å². The Morgan fingerprint density at radius 1 is 0.927 bits per heavy atom. The van der Waals surface area contributed by atoms with E-state index in [0.29, 0.717) is 5.52 Å². The molecule has 0 saturated carbocycles. The van der Waals surface area contributed by atoms with Gasteiger partial charge in [0.25, 0.3) is 0 Å². The monoisotopic (exact) mass is 584 g/mol. The molecule has 0 bridgehead atoms. The van der Waals surface area contributed by atoms with Gasteiger partial charge in [0.15, 0.2) is 0 Å². The summed E-state index contributed by atoms with van der Waals surface area (Å²) < 4.78 is 46.2. The third kappa shape index (κ3) is 7.91. The van der Waals surface area contributed by atoms with Gasteiger partial charge in [-0.2, -0.15) is 13.2 Å². The fourth-order valence-corrected chi connectivity index (χ4v) is 6.10. The highest BCUT2D eigenvalue weighted by Gasteiger charge is 2.30. The average molecular weight is 585 g/mol. The molecule has 1 fully saturated rings. The van der Waals surface area contributed by atoms with E-state index in [2.05, 4.69) is 43.4 Å². The number of rotatable bonds is 12. The fourth-order valence-electron chi connectivity index (χ4n) is 5.04. The van der Waals surface area contributed by atoms with Crippen LogP contribution in [0.4, 0.5) is 18.9 Å². The van der Waals surface area contributed by atoms with Crippen molar-refractivity contribution in [1.82, 2.24) is 24.9 Å². The van der Waals surface area contributed by atoms with Crippen molar-refractivity contribution in [3.8, 4) is 5.75 Å². The summed E-state index contributed by atoms with van der Waals surface area (Å²) in [4.78, 5) is 9.93. The van der Waals surface area contributed by atoms with Gasteiger partial charge in [-0.3, -0.25) is 14.6 Å². The largest absolute Gasteiger partial charge is 0.497 e. The molecule has 2 aromatic carbocycles. The van der Waals surface area contributed by atoms with Crippen molar-refractivity contribution in [2.75, 3.05) is 43.9 Å². The number of piperazine rings is 1. The Bertz CT molecular complexity index is 1400. The summed E-state index contributed by atoms with van der Waals surface area (Å²) in [5.74, 6) is 1.79. The molecule has 5 rings (SSSR count). The molecular formula is C30H35F3N6OS. The third-order valence-electron chi connectivity index (χ3n) is 7.35. The summed E-state index contributed by atoms with van der Waals surface area (Å²) in [6.45, 7) is 5.60. The number of hydrogen-bond acceptors (Lipinski definition) is 7. The molecule has 1 aliphatic heterocycles. The molecule has 1 saturated heterocycles. The third-order valence-corrected chi connectivity index (χ3v) is 8.51. The molecule has 0 amide bonds. The number of aromatic nitrogens is 4. The smallest absolute Gasteiger partial charge is 0.416 e. The number of thioether (sulfide) groups is 1. The molecule has 0 atom stereocenters. The molecule has 2 aromatic heterocycles. The highest BCUT2D eigenvalue weighted by atomic mass is 32.2. The number of fused-ring (bicyclic) bond motifs is 1. The fraction of sp³-hybridized carbons (Fsp3) is 0.433. The molecule has 0 unspecified atom stereocenters. The number of ether oxygens (including phenoxy) is 1.